The maximum absolute atomic E-state index is 9.52. The van der Waals surface area contributed by atoms with Gasteiger partial charge in [0.25, 0.3) is 0 Å². The van der Waals surface area contributed by atoms with Gasteiger partial charge in [-0.2, -0.15) is 21.0 Å². The third-order valence-electron chi connectivity index (χ3n) is 8.06. The Balaban J connectivity index is 1.33. The van der Waals surface area contributed by atoms with Gasteiger partial charge in [-0.1, -0.05) is 54.6 Å². The van der Waals surface area contributed by atoms with Crippen molar-refractivity contribution in [3.63, 3.8) is 0 Å². The van der Waals surface area contributed by atoms with Gasteiger partial charge in [0.15, 0.2) is 0 Å². The summed E-state index contributed by atoms with van der Waals surface area (Å²) in [7, 11) is 0. The van der Waals surface area contributed by atoms with Crippen molar-refractivity contribution in [2.45, 2.75) is 0 Å². The van der Waals surface area contributed by atoms with Crippen LogP contribution in [0.2, 0.25) is 0 Å². The van der Waals surface area contributed by atoms with Crippen molar-refractivity contribution in [3.8, 4) is 46.5 Å². The number of nitriles is 4. The molecule has 46 heavy (non-hydrogen) atoms. The highest BCUT2D eigenvalue weighted by molar-refractivity contribution is 7.25. The molecule has 0 saturated heterocycles. The number of nitrogens with zero attached hydrogens (tertiary/aromatic N) is 5. The highest BCUT2D eigenvalue weighted by Gasteiger charge is 2.16. The van der Waals surface area contributed by atoms with E-state index < -0.39 is 0 Å². The predicted molar refractivity (Wildman–Crippen MR) is 184 cm³/mol. The SMILES string of the molecule is N#Cc1ccc(-c2ccc(N(c3ccc(-c4ccc(C#N)c(C#N)c4)cc3)c3ccc4sc5ccccc5c4c3)cc2)cc1C#N. The highest BCUT2D eigenvalue weighted by atomic mass is 32.1. The van der Waals surface area contributed by atoms with Gasteiger partial charge in [-0.05, 0) is 95.1 Å². The molecule has 0 N–H and O–H groups in total. The second-order valence-electron chi connectivity index (χ2n) is 10.7. The fourth-order valence-electron chi connectivity index (χ4n) is 5.73. The number of hydrogen-bond donors (Lipinski definition) is 0. The molecule has 5 nitrogen and oxygen atoms in total. The van der Waals surface area contributed by atoms with Crippen LogP contribution in [0.4, 0.5) is 17.1 Å². The molecule has 7 aromatic rings. The summed E-state index contributed by atoms with van der Waals surface area (Å²) >= 11 is 1.78. The minimum absolute atomic E-state index is 0.353. The Morgan fingerprint density at radius 3 is 1.37 bits per heavy atom. The van der Waals surface area contributed by atoms with Crippen molar-refractivity contribution in [1.29, 1.82) is 21.0 Å². The van der Waals surface area contributed by atoms with Gasteiger partial charge >= 0.3 is 0 Å². The van der Waals surface area contributed by atoms with Gasteiger partial charge in [-0.25, -0.2) is 0 Å². The molecule has 0 spiro atoms. The van der Waals surface area contributed by atoms with Gasteiger partial charge in [0.05, 0.1) is 22.3 Å². The van der Waals surface area contributed by atoms with Gasteiger partial charge in [0.2, 0.25) is 0 Å². The molecule has 6 aromatic carbocycles. The Labute approximate surface area is 269 Å². The van der Waals surface area contributed by atoms with E-state index in [9.17, 15) is 21.0 Å². The molecule has 0 amide bonds. The fourth-order valence-corrected chi connectivity index (χ4v) is 6.82. The first-order chi connectivity index (χ1) is 22.6. The van der Waals surface area contributed by atoms with Gasteiger partial charge in [-0.3, -0.25) is 0 Å². The van der Waals surface area contributed by atoms with E-state index in [2.05, 4.69) is 95.9 Å². The van der Waals surface area contributed by atoms with E-state index in [1.54, 1.807) is 35.6 Å². The molecule has 0 aliphatic carbocycles. The van der Waals surface area contributed by atoms with Crippen molar-refractivity contribution >= 4 is 48.6 Å². The van der Waals surface area contributed by atoms with Crippen LogP contribution in [0.5, 0.6) is 0 Å². The van der Waals surface area contributed by atoms with Crippen LogP contribution in [0.25, 0.3) is 42.4 Å². The lowest BCUT2D eigenvalue weighted by molar-refractivity contribution is 1.29. The fraction of sp³-hybridized carbons (Fsp3) is 0. The monoisotopic (exact) mass is 603 g/mol. The Morgan fingerprint density at radius 2 is 0.848 bits per heavy atom. The summed E-state index contributed by atoms with van der Waals surface area (Å²) in [5, 5.41) is 40.1. The summed E-state index contributed by atoms with van der Waals surface area (Å²) in [5.74, 6) is 0. The Kier molecular flexibility index (Phi) is 7.18. The Bertz CT molecular complexity index is 2340. The number of rotatable bonds is 5. The molecule has 212 valence electrons. The molecule has 0 atom stereocenters. The molecule has 1 heterocycles. The van der Waals surface area contributed by atoms with Gasteiger partial charge < -0.3 is 4.90 Å². The minimum Gasteiger partial charge on any atom is -0.310 e. The van der Waals surface area contributed by atoms with E-state index in [0.717, 1.165) is 39.3 Å². The number of thiophene rings is 1. The lowest BCUT2D eigenvalue weighted by Gasteiger charge is -2.26. The van der Waals surface area contributed by atoms with Crippen molar-refractivity contribution in [3.05, 3.63) is 150 Å². The lowest BCUT2D eigenvalue weighted by atomic mass is 9.99. The zero-order valence-electron chi connectivity index (χ0n) is 24.3. The lowest BCUT2D eigenvalue weighted by Crippen LogP contribution is -2.09. The van der Waals surface area contributed by atoms with Crippen LogP contribution in [0.15, 0.2) is 127 Å². The minimum atomic E-state index is 0.353. The molecule has 0 radical (unpaired) electrons. The smallest absolute Gasteiger partial charge is 0.101 e. The summed E-state index contributed by atoms with van der Waals surface area (Å²) in [5.41, 5.74) is 7.94. The molecule has 0 unspecified atom stereocenters. The van der Waals surface area contributed by atoms with Crippen molar-refractivity contribution < 1.29 is 0 Å². The number of fused-ring (bicyclic) bond motifs is 3. The number of hydrogen-bond acceptors (Lipinski definition) is 6. The zero-order chi connectivity index (χ0) is 31.6. The second-order valence-corrected chi connectivity index (χ2v) is 11.8. The molecular weight excluding hydrogens is 583 g/mol. The van der Waals surface area contributed by atoms with E-state index in [4.69, 9.17) is 0 Å². The third kappa shape index (κ3) is 4.98. The Morgan fingerprint density at radius 1 is 0.391 bits per heavy atom. The molecule has 0 aliphatic heterocycles. The molecule has 7 rings (SSSR count). The summed E-state index contributed by atoms with van der Waals surface area (Å²) in [6.07, 6.45) is 0. The van der Waals surface area contributed by atoms with Crippen molar-refractivity contribution in [2.75, 3.05) is 4.90 Å². The predicted octanol–water partition coefficient (Wildman–Crippen LogP) is 10.3. The second kappa shape index (κ2) is 11.8. The van der Waals surface area contributed by atoms with Crippen LogP contribution < -0.4 is 4.90 Å². The first-order valence-electron chi connectivity index (χ1n) is 14.4. The van der Waals surface area contributed by atoms with E-state index in [-0.39, 0.29) is 0 Å². The van der Waals surface area contributed by atoms with E-state index in [1.807, 2.05) is 36.4 Å². The van der Waals surface area contributed by atoms with Crippen LogP contribution in [0.1, 0.15) is 22.3 Å². The van der Waals surface area contributed by atoms with E-state index >= 15 is 0 Å². The molecule has 0 saturated carbocycles. The summed E-state index contributed by atoms with van der Waals surface area (Å²) in [6.45, 7) is 0. The number of benzene rings is 6. The average Bonchev–Trinajstić information content (AvgIpc) is 3.50. The van der Waals surface area contributed by atoms with Crippen LogP contribution in [-0.4, -0.2) is 0 Å². The first-order valence-corrected chi connectivity index (χ1v) is 15.2. The highest BCUT2D eigenvalue weighted by Crippen LogP contribution is 2.41. The molecule has 0 aliphatic rings. The van der Waals surface area contributed by atoms with Crippen LogP contribution in [0, 0.1) is 45.3 Å². The molecule has 0 fully saturated rings. The van der Waals surface area contributed by atoms with Gasteiger partial charge in [-0.15, -0.1) is 11.3 Å². The van der Waals surface area contributed by atoms with E-state index in [1.165, 1.54) is 20.2 Å². The summed E-state index contributed by atoms with van der Waals surface area (Å²) < 4.78 is 2.46. The third-order valence-corrected chi connectivity index (χ3v) is 9.21. The standard InChI is InChI=1S/C40H21N5S/c41-22-30-7-5-28(19-32(30)24-43)26-9-13-34(14-10-26)45(36-17-18-40-38(21-36)37-3-1-2-4-39(37)46-40)35-15-11-27(12-16-35)29-6-8-31(23-42)33(20-29)25-44/h1-21H. The molecule has 1 aromatic heterocycles. The summed E-state index contributed by atoms with van der Waals surface area (Å²) in [6, 6.07) is 50.3. The van der Waals surface area contributed by atoms with Crippen molar-refractivity contribution in [1.82, 2.24) is 0 Å². The largest absolute Gasteiger partial charge is 0.310 e. The van der Waals surface area contributed by atoms with Crippen LogP contribution in [-0.2, 0) is 0 Å². The quantitative estimate of drug-likeness (QED) is 0.195. The Hall–Kier alpha value is -6.70. The van der Waals surface area contributed by atoms with Crippen LogP contribution >= 0.6 is 11.3 Å². The maximum atomic E-state index is 9.52. The van der Waals surface area contributed by atoms with E-state index in [0.29, 0.717) is 22.3 Å². The number of anilines is 3. The van der Waals surface area contributed by atoms with Crippen molar-refractivity contribution in [2.24, 2.45) is 0 Å². The summed E-state index contributed by atoms with van der Waals surface area (Å²) in [4.78, 5) is 2.21. The molecular formula is C40H21N5S. The molecule has 0 bridgehead atoms. The zero-order valence-corrected chi connectivity index (χ0v) is 25.1. The van der Waals surface area contributed by atoms with Gasteiger partial charge in [0, 0.05) is 37.2 Å². The first kappa shape index (κ1) is 28.1. The topological polar surface area (TPSA) is 98.4 Å². The normalized spacial score (nSPS) is 10.5. The maximum Gasteiger partial charge on any atom is 0.101 e. The van der Waals surface area contributed by atoms with Gasteiger partial charge in [0.1, 0.15) is 24.3 Å². The molecule has 6 heteroatoms. The van der Waals surface area contributed by atoms with Crippen LogP contribution in [0.3, 0.4) is 0 Å². The average molecular weight is 604 g/mol.